The van der Waals surface area contributed by atoms with E-state index in [0.29, 0.717) is 22.4 Å². The molecule has 0 spiro atoms. The molecule has 0 unspecified atom stereocenters. The van der Waals surface area contributed by atoms with Crippen molar-refractivity contribution >= 4 is 44.6 Å². The summed E-state index contributed by atoms with van der Waals surface area (Å²) in [6, 6.07) is 13.9. The molecular formula is C16H18ClN3O2S2. The Morgan fingerprint density at radius 2 is 1.75 bits per heavy atom. The number of benzene rings is 2. The fourth-order valence-electron chi connectivity index (χ4n) is 1.89. The number of nitrogens with one attached hydrogen (secondary N) is 3. The minimum Gasteiger partial charge on any atom is -0.361 e. The van der Waals surface area contributed by atoms with Crippen molar-refractivity contribution in [1.82, 2.24) is 10.0 Å². The zero-order valence-electron chi connectivity index (χ0n) is 13.0. The number of para-hydroxylation sites is 1. The number of hydrogen-bond donors (Lipinski definition) is 3. The lowest BCUT2D eigenvalue weighted by atomic mass is 10.2. The molecule has 0 heterocycles. The summed E-state index contributed by atoms with van der Waals surface area (Å²) in [4.78, 5) is 0.241. The lowest BCUT2D eigenvalue weighted by Crippen LogP contribution is -2.36. The van der Waals surface area contributed by atoms with Gasteiger partial charge >= 0.3 is 0 Å². The van der Waals surface area contributed by atoms with Crippen LogP contribution in [0.15, 0.2) is 53.4 Å². The van der Waals surface area contributed by atoms with E-state index in [4.69, 9.17) is 23.8 Å². The van der Waals surface area contributed by atoms with E-state index in [2.05, 4.69) is 15.4 Å². The third-order valence-corrected chi connectivity index (χ3v) is 5.21. The fourth-order valence-corrected chi connectivity index (χ4v) is 3.32. The van der Waals surface area contributed by atoms with Crippen LogP contribution in [-0.4, -0.2) is 26.6 Å². The zero-order valence-corrected chi connectivity index (χ0v) is 15.4. The van der Waals surface area contributed by atoms with Gasteiger partial charge in [0, 0.05) is 13.1 Å². The summed E-state index contributed by atoms with van der Waals surface area (Å²) in [7, 11) is -3.52. The van der Waals surface area contributed by atoms with Crippen molar-refractivity contribution in [1.29, 1.82) is 0 Å². The highest BCUT2D eigenvalue weighted by molar-refractivity contribution is 7.89. The van der Waals surface area contributed by atoms with Crippen molar-refractivity contribution in [3.63, 3.8) is 0 Å². The average molecular weight is 384 g/mol. The van der Waals surface area contributed by atoms with Gasteiger partial charge in [0.2, 0.25) is 10.0 Å². The van der Waals surface area contributed by atoms with E-state index in [1.165, 1.54) is 0 Å². The Kier molecular flexibility index (Phi) is 6.56. The van der Waals surface area contributed by atoms with Gasteiger partial charge in [0.25, 0.3) is 0 Å². The second kappa shape index (κ2) is 8.43. The Labute approximate surface area is 152 Å². The number of halogens is 1. The number of sulfonamides is 1. The van der Waals surface area contributed by atoms with Gasteiger partial charge in [-0.15, -0.1) is 0 Å². The fraction of sp³-hybridized carbons (Fsp3) is 0.188. The van der Waals surface area contributed by atoms with Crippen LogP contribution in [0.3, 0.4) is 0 Å². The van der Waals surface area contributed by atoms with Crippen LogP contribution >= 0.6 is 23.8 Å². The van der Waals surface area contributed by atoms with Crippen LogP contribution in [-0.2, 0) is 10.0 Å². The molecule has 0 radical (unpaired) electrons. The third kappa shape index (κ3) is 5.45. The van der Waals surface area contributed by atoms with Crippen molar-refractivity contribution in [3.8, 4) is 0 Å². The Balaban J connectivity index is 1.79. The van der Waals surface area contributed by atoms with Gasteiger partial charge in [-0.2, -0.15) is 0 Å². The van der Waals surface area contributed by atoms with E-state index in [0.717, 1.165) is 5.56 Å². The maximum atomic E-state index is 12.1. The van der Waals surface area contributed by atoms with E-state index in [1.807, 2.05) is 19.1 Å². The molecule has 0 aliphatic carbocycles. The van der Waals surface area contributed by atoms with Crippen LogP contribution in [0.1, 0.15) is 5.56 Å². The molecule has 0 atom stereocenters. The second-order valence-corrected chi connectivity index (χ2v) is 7.65. The molecule has 8 heteroatoms. The van der Waals surface area contributed by atoms with Gasteiger partial charge < -0.3 is 10.6 Å². The Morgan fingerprint density at radius 3 is 2.42 bits per heavy atom. The van der Waals surface area contributed by atoms with Crippen LogP contribution in [0, 0.1) is 6.92 Å². The van der Waals surface area contributed by atoms with Crippen LogP contribution in [0.2, 0.25) is 5.02 Å². The van der Waals surface area contributed by atoms with E-state index in [9.17, 15) is 8.42 Å². The third-order valence-electron chi connectivity index (χ3n) is 3.16. The Hall–Kier alpha value is -1.67. The molecule has 0 saturated heterocycles. The number of rotatable bonds is 6. The lowest BCUT2D eigenvalue weighted by molar-refractivity contribution is 0.581. The van der Waals surface area contributed by atoms with Crippen molar-refractivity contribution < 1.29 is 8.42 Å². The summed E-state index contributed by atoms with van der Waals surface area (Å²) in [5.74, 6) is 0. The second-order valence-electron chi connectivity index (χ2n) is 5.07. The molecule has 2 aromatic rings. The summed E-state index contributed by atoms with van der Waals surface area (Å²) < 4.78 is 26.8. The van der Waals surface area contributed by atoms with E-state index >= 15 is 0 Å². The first kappa shape index (κ1) is 18.7. The van der Waals surface area contributed by atoms with Gasteiger partial charge in [-0.25, -0.2) is 13.1 Å². The normalized spacial score (nSPS) is 11.1. The average Bonchev–Trinajstić information content (AvgIpc) is 2.54. The van der Waals surface area contributed by atoms with Gasteiger partial charge in [-0.1, -0.05) is 41.4 Å². The molecule has 0 aliphatic rings. The van der Waals surface area contributed by atoms with Gasteiger partial charge in [0.1, 0.15) is 0 Å². The molecule has 0 amide bonds. The highest BCUT2D eigenvalue weighted by atomic mass is 35.5. The summed E-state index contributed by atoms with van der Waals surface area (Å²) >= 11 is 11.2. The zero-order chi connectivity index (χ0) is 17.6. The monoisotopic (exact) mass is 383 g/mol. The SMILES string of the molecule is Cc1ccc(S(=O)(=O)NCCNC(=S)Nc2ccccc2Cl)cc1. The van der Waals surface area contributed by atoms with Crippen molar-refractivity contribution in [3.05, 3.63) is 59.1 Å². The number of thiocarbonyl (C=S) groups is 1. The Morgan fingerprint density at radius 1 is 1.08 bits per heavy atom. The van der Waals surface area contributed by atoms with E-state index in [1.54, 1.807) is 36.4 Å². The molecule has 0 fully saturated rings. The maximum Gasteiger partial charge on any atom is 0.240 e. The quantitative estimate of drug-likeness (QED) is 0.528. The molecule has 0 aromatic heterocycles. The van der Waals surface area contributed by atoms with Crippen LogP contribution in [0.5, 0.6) is 0 Å². The molecule has 2 aromatic carbocycles. The topological polar surface area (TPSA) is 70.2 Å². The van der Waals surface area contributed by atoms with Crippen molar-refractivity contribution in [2.45, 2.75) is 11.8 Å². The summed E-state index contributed by atoms with van der Waals surface area (Å²) in [6.07, 6.45) is 0. The minimum atomic E-state index is -3.52. The molecular weight excluding hydrogens is 366 g/mol. The first-order valence-electron chi connectivity index (χ1n) is 7.24. The molecule has 0 saturated carbocycles. The molecule has 3 N–H and O–H groups in total. The molecule has 0 bridgehead atoms. The first-order valence-corrected chi connectivity index (χ1v) is 9.51. The van der Waals surface area contributed by atoms with Gasteiger partial charge in [-0.05, 0) is 43.4 Å². The molecule has 0 aliphatic heterocycles. The van der Waals surface area contributed by atoms with Gasteiger partial charge in [-0.3, -0.25) is 0 Å². The number of aryl methyl sites for hydroxylation is 1. The highest BCUT2D eigenvalue weighted by Crippen LogP contribution is 2.20. The van der Waals surface area contributed by atoms with Crippen molar-refractivity contribution in [2.75, 3.05) is 18.4 Å². The molecule has 5 nitrogen and oxygen atoms in total. The largest absolute Gasteiger partial charge is 0.361 e. The first-order chi connectivity index (χ1) is 11.4. The summed E-state index contributed by atoms with van der Waals surface area (Å²) in [5.41, 5.74) is 1.70. The van der Waals surface area contributed by atoms with Gasteiger partial charge in [0.15, 0.2) is 5.11 Å². The van der Waals surface area contributed by atoms with Crippen LogP contribution < -0.4 is 15.4 Å². The molecule has 24 heavy (non-hydrogen) atoms. The standard InChI is InChI=1S/C16H18ClN3O2S2/c1-12-6-8-13(9-7-12)24(21,22)19-11-10-18-16(23)20-15-5-3-2-4-14(15)17/h2-9,19H,10-11H2,1H3,(H2,18,20,23). The molecule has 2 rings (SSSR count). The smallest absolute Gasteiger partial charge is 0.240 e. The van der Waals surface area contributed by atoms with Crippen LogP contribution in [0.25, 0.3) is 0 Å². The summed E-state index contributed by atoms with van der Waals surface area (Å²) in [5, 5.41) is 6.81. The van der Waals surface area contributed by atoms with E-state index in [-0.39, 0.29) is 11.4 Å². The number of anilines is 1. The Bertz CT molecular complexity index is 808. The minimum absolute atomic E-state index is 0.209. The van der Waals surface area contributed by atoms with Gasteiger partial charge in [0.05, 0.1) is 15.6 Å². The van der Waals surface area contributed by atoms with Crippen LogP contribution in [0.4, 0.5) is 5.69 Å². The summed E-state index contributed by atoms with van der Waals surface area (Å²) in [6.45, 7) is 2.46. The predicted molar refractivity (Wildman–Crippen MR) is 102 cm³/mol. The van der Waals surface area contributed by atoms with E-state index < -0.39 is 10.0 Å². The highest BCUT2D eigenvalue weighted by Gasteiger charge is 2.12. The number of hydrogen-bond acceptors (Lipinski definition) is 3. The molecule has 128 valence electrons. The maximum absolute atomic E-state index is 12.1. The van der Waals surface area contributed by atoms with Crippen molar-refractivity contribution in [2.24, 2.45) is 0 Å². The lowest BCUT2D eigenvalue weighted by Gasteiger charge is -2.12. The predicted octanol–water partition coefficient (Wildman–Crippen LogP) is 2.91.